The van der Waals surface area contributed by atoms with Crippen LogP contribution in [0.15, 0.2) is 11.4 Å². The molecule has 0 radical (unpaired) electrons. The lowest BCUT2D eigenvalue weighted by atomic mass is 10.1. The van der Waals surface area contributed by atoms with Crippen LogP contribution in [0.25, 0.3) is 0 Å². The van der Waals surface area contributed by atoms with E-state index in [1.165, 1.54) is 0 Å². The van der Waals surface area contributed by atoms with E-state index in [9.17, 15) is 14.4 Å². The Morgan fingerprint density at radius 3 is 2.56 bits per heavy atom. The zero-order chi connectivity index (χ0) is 18.4. The summed E-state index contributed by atoms with van der Waals surface area (Å²) in [5.74, 6) is -1.02. The molecule has 0 unspecified atom stereocenters. The second-order valence-corrected chi connectivity index (χ2v) is 7.59. The molecule has 0 aliphatic rings. The average molecular weight is 381 g/mol. The highest BCUT2D eigenvalue weighted by Gasteiger charge is 2.16. The molecule has 0 atom stereocenters. The van der Waals surface area contributed by atoms with Gasteiger partial charge in [-0.2, -0.15) is 0 Å². The van der Waals surface area contributed by atoms with Crippen molar-refractivity contribution in [3.63, 3.8) is 0 Å². The fourth-order valence-corrected chi connectivity index (χ4v) is 3.78. The second kappa shape index (κ2) is 8.87. The number of ketones is 1. The smallest absolute Gasteiger partial charge is 0.367 e. The molecule has 0 aromatic carbocycles. The first kappa shape index (κ1) is 19.3. The van der Waals surface area contributed by atoms with E-state index in [4.69, 9.17) is 9.47 Å². The van der Waals surface area contributed by atoms with E-state index in [-0.39, 0.29) is 36.8 Å². The molecule has 0 amide bonds. The van der Waals surface area contributed by atoms with Crippen molar-refractivity contribution < 1.29 is 23.9 Å². The molecule has 0 saturated carbocycles. The Bertz CT molecular complexity index is 778. The van der Waals surface area contributed by atoms with E-state index in [2.05, 4.69) is 4.98 Å². The van der Waals surface area contributed by atoms with E-state index in [0.717, 1.165) is 21.1 Å². The van der Waals surface area contributed by atoms with E-state index < -0.39 is 11.9 Å². The first-order valence-corrected chi connectivity index (χ1v) is 9.47. The summed E-state index contributed by atoms with van der Waals surface area (Å²) in [6.07, 6.45) is 0.128. The van der Waals surface area contributed by atoms with Crippen LogP contribution in [0.4, 0.5) is 0 Å². The van der Waals surface area contributed by atoms with Crippen LogP contribution < -0.4 is 0 Å². The third-order valence-electron chi connectivity index (χ3n) is 3.28. The molecule has 2 rings (SSSR count). The quantitative estimate of drug-likeness (QED) is 0.512. The minimum Gasteiger partial charge on any atom is -0.461 e. The molecule has 6 nitrogen and oxygen atoms in total. The molecular weight excluding hydrogens is 362 g/mol. The molecule has 0 N–H and O–H groups in total. The van der Waals surface area contributed by atoms with Gasteiger partial charge in [-0.25, -0.2) is 9.78 Å². The number of nitrogens with zero attached hydrogens (tertiary/aromatic N) is 1. The molecule has 134 valence electrons. The standard InChI is InChI=1S/C17H19NO5S2/c1-4-22-17(21)16-18-12(9-24-16)8-23-15(20)6-5-14(19)13-7-10(2)25-11(13)3/h7,9H,4-6,8H2,1-3H3. The Morgan fingerprint density at radius 1 is 1.16 bits per heavy atom. The summed E-state index contributed by atoms with van der Waals surface area (Å²) in [5, 5.41) is 1.87. The normalized spacial score (nSPS) is 10.5. The molecular formula is C17H19NO5S2. The lowest BCUT2D eigenvalue weighted by Gasteiger charge is -2.03. The summed E-state index contributed by atoms with van der Waals surface area (Å²) < 4.78 is 9.96. The third-order valence-corrected chi connectivity index (χ3v) is 5.12. The molecule has 0 aliphatic carbocycles. The summed E-state index contributed by atoms with van der Waals surface area (Å²) >= 11 is 2.70. The number of thiazole rings is 1. The van der Waals surface area contributed by atoms with Gasteiger partial charge in [0, 0.05) is 27.1 Å². The number of carbonyl (C=O) groups is 3. The molecule has 0 aliphatic heterocycles. The zero-order valence-corrected chi connectivity index (χ0v) is 15.9. The third kappa shape index (κ3) is 5.47. The number of esters is 2. The number of Topliss-reactive ketones (excluding diaryl/α,β-unsaturated/α-hetero) is 1. The van der Waals surface area contributed by atoms with Gasteiger partial charge in [-0.1, -0.05) is 0 Å². The largest absolute Gasteiger partial charge is 0.461 e. The summed E-state index contributed by atoms with van der Waals surface area (Å²) in [6, 6.07) is 1.85. The van der Waals surface area contributed by atoms with Gasteiger partial charge in [0.15, 0.2) is 5.78 Å². The first-order valence-electron chi connectivity index (χ1n) is 7.78. The molecule has 2 aromatic heterocycles. The highest BCUT2D eigenvalue weighted by atomic mass is 32.1. The minimum absolute atomic E-state index is 0.0159. The molecule has 8 heteroatoms. The number of thiophene rings is 1. The van der Waals surface area contributed by atoms with E-state index in [0.29, 0.717) is 11.3 Å². The highest BCUT2D eigenvalue weighted by Crippen LogP contribution is 2.22. The number of aromatic nitrogens is 1. The number of aryl methyl sites for hydroxylation is 2. The van der Waals surface area contributed by atoms with Crippen molar-refractivity contribution in [2.45, 2.75) is 40.2 Å². The van der Waals surface area contributed by atoms with Crippen molar-refractivity contribution in [2.75, 3.05) is 6.61 Å². The van der Waals surface area contributed by atoms with Crippen molar-refractivity contribution in [1.29, 1.82) is 0 Å². The van der Waals surface area contributed by atoms with Gasteiger partial charge in [-0.3, -0.25) is 9.59 Å². The Balaban J connectivity index is 1.78. The van der Waals surface area contributed by atoms with Crippen molar-refractivity contribution >= 4 is 40.4 Å². The maximum absolute atomic E-state index is 12.1. The Hall–Kier alpha value is -2.06. The fourth-order valence-electron chi connectivity index (χ4n) is 2.14. The van der Waals surface area contributed by atoms with Crippen LogP contribution in [-0.4, -0.2) is 29.3 Å². The molecule has 0 spiro atoms. The molecule has 0 bridgehead atoms. The van der Waals surface area contributed by atoms with Gasteiger partial charge < -0.3 is 9.47 Å². The lowest BCUT2D eigenvalue weighted by molar-refractivity contribution is -0.145. The van der Waals surface area contributed by atoms with E-state index in [1.54, 1.807) is 23.6 Å². The van der Waals surface area contributed by atoms with Crippen LogP contribution >= 0.6 is 22.7 Å². The van der Waals surface area contributed by atoms with Gasteiger partial charge in [-0.15, -0.1) is 22.7 Å². The summed E-state index contributed by atoms with van der Waals surface area (Å²) in [5.41, 5.74) is 1.16. The minimum atomic E-state index is -0.489. The number of hydrogen-bond donors (Lipinski definition) is 0. The molecule has 0 fully saturated rings. The molecule has 25 heavy (non-hydrogen) atoms. The van der Waals surface area contributed by atoms with Crippen molar-refractivity contribution in [3.05, 3.63) is 37.5 Å². The maximum Gasteiger partial charge on any atom is 0.367 e. The predicted molar refractivity (Wildman–Crippen MR) is 95.2 cm³/mol. The Morgan fingerprint density at radius 2 is 1.92 bits per heavy atom. The van der Waals surface area contributed by atoms with Crippen LogP contribution in [0.1, 0.15) is 55.4 Å². The van der Waals surface area contributed by atoms with Gasteiger partial charge in [0.25, 0.3) is 0 Å². The van der Waals surface area contributed by atoms with Crippen molar-refractivity contribution in [1.82, 2.24) is 4.98 Å². The van der Waals surface area contributed by atoms with Crippen LogP contribution in [0.2, 0.25) is 0 Å². The van der Waals surface area contributed by atoms with Gasteiger partial charge in [0.2, 0.25) is 5.01 Å². The monoisotopic (exact) mass is 381 g/mol. The number of rotatable bonds is 8. The van der Waals surface area contributed by atoms with Crippen LogP contribution in [0.3, 0.4) is 0 Å². The predicted octanol–water partition coefficient (Wildman–Crippen LogP) is 3.70. The van der Waals surface area contributed by atoms with Crippen LogP contribution in [-0.2, 0) is 20.9 Å². The second-order valence-electron chi connectivity index (χ2n) is 5.28. The molecule has 2 heterocycles. The maximum atomic E-state index is 12.1. The van der Waals surface area contributed by atoms with Gasteiger partial charge in [0.1, 0.15) is 6.61 Å². The van der Waals surface area contributed by atoms with Crippen molar-refractivity contribution in [3.8, 4) is 0 Å². The molecule has 0 saturated heterocycles. The Labute approximate surface area is 153 Å². The number of hydrogen-bond acceptors (Lipinski definition) is 8. The lowest BCUT2D eigenvalue weighted by Crippen LogP contribution is -2.09. The average Bonchev–Trinajstić information content (AvgIpc) is 3.17. The first-order chi connectivity index (χ1) is 11.9. The highest BCUT2D eigenvalue weighted by molar-refractivity contribution is 7.12. The summed E-state index contributed by atoms with van der Waals surface area (Å²) in [4.78, 5) is 41.5. The fraction of sp³-hybridized carbons (Fsp3) is 0.412. The zero-order valence-electron chi connectivity index (χ0n) is 14.3. The van der Waals surface area contributed by atoms with Gasteiger partial charge >= 0.3 is 11.9 Å². The van der Waals surface area contributed by atoms with Crippen LogP contribution in [0, 0.1) is 13.8 Å². The van der Waals surface area contributed by atoms with Crippen molar-refractivity contribution in [2.24, 2.45) is 0 Å². The summed E-state index contributed by atoms with van der Waals surface area (Å²) in [6.45, 7) is 5.81. The summed E-state index contributed by atoms with van der Waals surface area (Å²) in [7, 11) is 0. The SMILES string of the molecule is CCOC(=O)c1nc(COC(=O)CCC(=O)c2cc(C)sc2C)cs1. The van der Waals surface area contributed by atoms with Crippen LogP contribution in [0.5, 0.6) is 0 Å². The topological polar surface area (TPSA) is 82.6 Å². The number of carbonyl (C=O) groups excluding carboxylic acids is 3. The Kier molecular flexibility index (Phi) is 6.83. The number of ether oxygens (including phenoxy) is 2. The van der Waals surface area contributed by atoms with Gasteiger partial charge in [0.05, 0.1) is 18.7 Å². The van der Waals surface area contributed by atoms with Gasteiger partial charge in [-0.05, 0) is 26.8 Å². The molecule has 2 aromatic rings. The van der Waals surface area contributed by atoms with E-state index in [1.807, 2.05) is 19.9 Å². The van der Waals surface area contributed by atoms with E-state index >= 15 is 0 Å².